The van der Waals surface area contributed by atoms with E-state index < -0.39 is 18.6 Å². The molecule has 0 saturated heterocycles. The lowest BCUT2D eigenvalue weighted by Crippen LogP contribution is -2.18. The van der Waals surface area contributed by atoms with Gasteiger partial charge in [0.25, 0.3) is 5.91 Å². The van der Waals surface area contributed by atoms with Crippen LogP contribution in [0.1, 0.15) is 10.5 Å². The van der Waals surface area contributed by atoms with Crippen LogP contribution in [0.2, 0.25) is 0 Å². The lowest BCUT2D eigenvalue weighted by molar-refractivity contribution is -0.142. The van der Waals surface area contributed by atoms with Gasteiger partial charge >= 0.3 is 6.18 Å². The second-order valence-corrected chi connectivity index (χ2v) is 5.32. The van der Waals surface area contributed by atoms with E-state index in [0.717, 1.165) is 12.4 Å². The Morgan fingerprint density at radius 2 is 1.92 bits per heavy atom. The Morgan fingerprint density at radius 1 is 1.15 bits per heavy atom. The molecule has 0 fully saturated rings. The summed E-state index contributed by atoms with van der Waals surface area (Å²) < 4.78 is 44.5. The van der Waals surface area contributed by atoms with Crippen molar-refractivity contribution in [1.29, 1.82) is 0 Å². The van der Waals surface area contributed by atoms with Crippen molar-refractivity contribution in [3.8, 4) is 5.75 Å². The third-order valence-corrected chi connectivity index (χ3v) is 3.21. The molecule has 1 amide bonds. The van der Waals surface area contributed by atoms with Gasteiger partial charge in [-0.1, -0.05) is 18.2 Å². The first-order valence-electron chi connectivity index (χ1n) is 7.51. The highest BCUT2D eigenvalue weighted by molar-refractivity contribution is 6.02. The minimum Gasteiger partial charge on any atom is -0.471 e. The van der Waals surface area contributed by atoms with E-state index >= 15 is 0 Å². The third kappa shape index (κ3) is 4.85. The van der Waals surface area contributed by atoms with Crippen LogP contribution in [0, 0.1) is 0 Å². The number of aromatic nitrogens is 4. The highest BCUT2D eigenvalue weighted by Gasteiger charge is 2.28. The first kappa shape index (κ1) is 17.5. The fourth-order valence-corrected chi connectivity index (χ4v) is 2.11. The molecule has 1 N–H and O–H groups in total. The number of halogens is 3. The van der Waals surface area contributed by atoms with Crippen molar-refractivity contribution in [1.82, 2.24) is 19.6 Å². The second-order valence-electron chi connectivity index (χ2n) is 5.32. The summed E-state index contributed by atoms with van der Waals surface area (Å²) in [5.41, 5.74) is 0.250. The summed E-state index contributed by atoms with van der Waals surface area (Å²) >= 11 is 0. The Labute approximate surface area is 146 Å². The van der Waals surface area contributed by atoms with E-state index in [2.05, 4.69) is 15.5 Å². The number of rotatable bonds is 6. The van der Waals surface area contributed by atoms with Crippen molar-refractivity contribution >= 4 is 11.6 Å². The fourth-order valence-electron chi connectivity index (χ4n) is 2.11. The number of carbonyl (C=O) groups excluding carboxylic acids is 1. The van der Waals surface area contributed by atoms with Crippen LogP contribution >= 0.6 is 0 Å². The van der Waals surface area contributed by atoms with Gasteiger partial charge in [0.1, 0.15) is 12.3 Å². The number of benzene rings is 1. The van der Waals surface area contributed by atoms with Crippen molar-refractivity contribution in [2.24, 2.45) is 0 Å². The molecule has 2 heterocycles. The Kier molecular flexibility index (Phi) is 4.92. The Balaban J connectivity index is 1.56. The number of alkyl halides is 3. The van der Waals surface area contributed by atoms with E-state index in [1.807, 2.05) is 18.2 Å². The third-order valence-electron chi connectivity index (χ3n) is 3.21. The summed E-state index contributed by atoms with van der Waals surface area (Å²) in [6.45, 7) is -1.12. The van der Waals surface area contributed by atoms with Crippen LogP contribution in [0.25, 0.3) is 0 Å². The lowest BCUT2D eigenvalue weighted by Gasteiger charge is -2.05. The maximum atomic E-state index is 12.3. The zero-order valence-corrected chi connectivity index (χ0v) is 13.3. The quantitative estimate of drug-likeness (QED) is 0.729. The molecular weight excluding hydrogens is 351 g/mol. The van der Waals surface area contributed by atoms with Crippen molar-refractivity contribution in [2.45, 2.75) is 19.5 Å². The van der Waals surface area contributed by atoms with E-state index in [0.29, 0.717) is 10.4 Å². The van der Waals surface area contributed by atoms with Crippen LogP contribution in [0.5, 0.6) is 5.75 Å². The van der Waals surface area contributed by atoms with Gasteiger partial charge in [0.2, 0.25) is 0 Å². The summed E-state index contributed by atoms with van der Waals surface area (Å²) in [6, 6.07) is 10.6. The van der Waals surface area contributed by atoms with E-state index in [-0.39, 0.29) is 18.1 Å². The number of anilines is 1. The first-order valence-corrected chi connectivity index (χ1v) is 7.51. The highest BCUT2D eigenvalue weighted by atomic mass is 19.4. The van der Waals surface area contributed by atoms with Crippen molar-refractivity contribution in [3.05, 3.63) is 60.7 Å². The zero-order chi connectivity index (χ0) is 18.6. The van der Waals surface area contributed by atoms with Gasteiger partial charge in [-0.15, -0.1) is 0 Å². The number of para-hydroxylation sites is 1. The maximum absolute atomic E-state index is 12.3. The van der Waals surface area contributed by atoms with Crippen LogP contribution in [0.4, 0.5) is 18.9 Å². The van der Waals surface area contributed by atoms with Crippen LogP contribution in [0.15, 0.2) is 55.0 Å². The SMILES string of the molecule is O=C(Nc1cnn(CC(F)(F)F)c1)c1ccn(COc2ccccc2)n1. The van der Waals surface area contributed by atoms with Crippen molar-refractivity contribution < 1.29 is 22.7 Å². The molecule has 2 aromatic heterocycles. The fraction of sp³-hybridized carbons (Fsp3) is 0.188. The van der Waals surface area contributed by atoms with Crippen molar-refractivity contribution in [3.63, 3.8) is 0 Å². The standard InChI is InChI=1S/C16H14F3N5O2/c17-16(18,19)10-24-9-12(8-20-24)21-15(25)14-6-7-23(22-14)11-26-13-4-2-1-3-5-13/h1-9H,10-11H2,(H,21,25). The molecule has 0 aliphatic carbocycles. The molecule has 3 aromatic rings. The molecule has 26 heavy (non-hydrogen) atoms. The van der Waals surface area contributed by atoms with E-state index in [4.69, 9.17) is 4.74 Å². The molecule has 1 aromatic carbocycles. The van der Waals surface area contributed by atoms with Gasteiger partial charge < -0.3 is 10.1 Å². The van der Waals surface area contributed by atoms with Crippen LogP contribution < -0.4 is 10.1 Å². The topological polar surface area (TPSA) is 74.0 Å². The molecule has 10 heteroatoms. The zero-order valence-electron chi connectivity index (χ0n) is 13.3. The van der Waals surface area contributed by atoms with Crippen LogP contribution in [-0.4, -0.2) is 31.6 Å². The van der Waals surface area contributed by atoms with Crippen molar-refractivity contribution in [2.75, 3.05) is 5.32 Å². The molecule has 0 radical (unpaired) electrons. The summed E-state index contributed by atoms with van der Waals surface area (Å²) in [6.07, 6.45) is -0.587. The van der Waals surface area contributed by atoms with Gasteiger partial charge in [0, 0.05) is 12.4 Å². The summed E-state index contributed by atoms with van der Waals surface area (Å²) in [5.74, 6) is 0.0982. The molecule has 0 saturated carbocycles. The lowest BCUT2D eigenvalue weighted by atomic mass is 10.3. The number of carbonyl (C=O) groups is 1. The molecule has 3 rings (SSSR count). The Bertz CT molecular complexity index is 873. The number of amides is 1. The van der Waals surface area contributed by atoms with Crippen LogP contribution in [0.3, 0.4) is 0 Å². The molecule has 7 nitrogen and oxygen atoms in total. The summed E-state index contributed by atoms with van der Waals surface area (Å²) in [7, 11) is 0. The number of ether oxygens (including phenoxy) is 1. The van der Waals surface area contributed by atoms with E-state index in [1.54, 1.807) is 18.3 Å². The molecule has 0 bridgehead atoms. The highest BCUT2D eigenvalue weighted by Crippen LogP contribution is 2.18. The molecule has 0 aliphatic heterocycles. The second kappa shape index (κ2) is 7.30. The minimum atomic E-state index is -4.38. The number of hydrogen-bond donors (Lipinski definition) is 1. The normalized spacial score (nSPS) is 11.3. The summed E-state index contributed by atoms with van der Waals surface area (Å²) in [5, 5.41) is 10.1. The van der Waals surface area contributed by atoms with Gasteiger partial charge in [0.15, 0.2) is 12.4 Å². The number of nitrogens with zero attached hydrogens (tertiary/aromatic N) is 4. The van der Waals surface area contributed by atoms with E-state index in [9.17, 15) is 18.0 Å². The Hall–Kier alpha value is -3.30. The number of nitrogens with one attached hydrogen (secondary N) is 1. The Morgan fingerprint density at radius 3 is 2.65 bits per heavy atom. The van der Waals surface area contributed by atoms with Gasteiger partial charge in [0.05, 0.1) is 11.9 Å². The monoisotopic (exact) mass is 365 g/mol. The summed E-state index contributed by atoms with van der Waals surface area (Å²) in [4.78, 5) is 12.1. The molecule has 136 valence electrons. The largest absolute Gasteiger partial charge is 0.471 e. The smallest absolute Gasteiger partial charge is 0.408 e. The predicted octanol–water partition coefficient (Wildman–Crippen LogP) is 2.93. The average molecular weight is 365 g/mol. The average Bonchev–Trinajstić information content (AvgIpc) is 3.22. The molecule has 0 aliphatic rings. The predicted molar refractivity (Wildman–Crippen MR) is 85.5 cm³/mol. The van der Waals surface area contributed by atoms with Gasteiger partial charge in [-0.05, 0) is 18.2 Å². The van der Waals surface area contributed by atoms with Gasteiger partial charge in [-0.3, -0.25) is 9.48 Å². The molecule has 0 spiro atoms. The maximum Gasteiger partial charge on any atom is 0.408 e. The first-order chi connectivity index (χ1) is 12.4. The molecule has 0 atom stereocenters. The van der Waals surface area contributed by atoms with Gasteiger partial charge in [-0.2, -0.15) is 23.4 Å². The number of hydrogen-bond acceptors (Lipinski definition) is 4. The minimum absolute atomic E-state index is 0.102. The van der Waals surface area contributed by atoms with Crippen LogP contribution in [-0.2, 0) is 13.3 Å². The molecule has 0 unspecified atom stereocenters. The van der Waals surface area contributed by atoms with E-state index in [1.165, 1.54) is 10.7 Å². The molecular formula is C16H14F3N5O2. The van der Waals surface area contributed by atoms with Gasteiger partial charge in [-0.25, -0.2) is 4.68 Å².